The number of furan rings is 1. The average molecular weight is 706 g/mol. The second-order valence-electron chi connectivity index (χ2n) is 13.9. The fourth-order valence-corrected chi connectivity index (χ4v) is 7.97. The molecular formula is C51H35N3O. The maximum absolute atomic E-state index is 6.28. The normalized spacial score (nSPS) is 11.9. The number of aromatic nitrogens is 3. The van der Waals surface area contributed by atoms with Gasteiger partial charge in [-0.1, -0.05) is 158 Å². The van der Waals surface area contributed by atoms with Crippen LogP contribution in [-0.2, 0) is 0 Å². The van der Waals surface area contributed by atoms with E-state index in [1.807, 2.05) is 18.2 Å². The van der Waals surface area contributed by atoms with Crippen LogP contribution in [0.3, 0.4) is 0 Å². The van der Waals surface area contributed by atoms with Gasteiger partial charge in [-0.25, -0.2) is 15.0 Å². The molecule has 0 atom stereocenters. The molecule has 0 saturated carbocycles. The molecule has 4 nitrogen and oxygen atoms in total. The smallest absolute Gasteiger partial charge is 0.164 e. The minimum atomic E-state index is 0.625. The molecule has 0 amide bonds. The summed E-state index contributed by atoms with van der Waals surface area (Å²) < 4.78 is 6.28. The van der Waals surface area contributed by atoms with Crippen molar-refractivity contribution in [2.75, 3.05) is 0 Å². The van der Waals surface area contributed by atoms with Crippen molar-refractivity contribution < 1.29 is 4.42 Å². The molecule has 8 aromatic carbocycles. The molecule has 2 aromatic heterocycles. The van der Waals surface area contributed by atoms with Crippen LogP contribution in [0.15, 0.2) is 180 Å². The van der Waals surface area contributed by atoms with Crippen LogP contribution in [0, 0.1) is 6.92 Å². The van der Waals surface area contributed by atoms with E-state index >= 15 is 0 Å². The van der Waals surface area contributed by atoms with Gasteiger partial charge < -0.3 is 4.42 Å². The zero-order valence-electron chi connectivity index (χ0n) is 30.5. The van der Waals surface area contributed by atoms with Crippen molar-refractivity contribution in [3.8, 4) is 45.3 Å². The largest absolute Gasteiger partial charge is 0.456 e. The van der Waals surface area contributed by atoms with Crippen molar-refractivity contribution in [1.29, 1.82) is 0 Å². The first kappa shape index (κ1) is 32.5. The lowest BCUT2D eigenvalue weighted by molar-refractivity contribution is 0.669. The highest BCUT2D eigenvalue weighted by molar-refractivity contribution is 6.16. The van der Waals surface area contributed by atoms with Crippen LogP contribution in [0.2, 0.25) is 0 Å². The van der Waals surface area contributed by atoms with Crippen molar-refractivity contribution >= 4 is 49.1 Å². The molecule has 10 rings (SSSR count). The van der Waals surface area contributed by atoms with Crippen molar-refractivity contribution in [2.45, 2.75) is 13.8 Å². The molecular weight excluding hydrogens is 671 g/mol. The number of hydrogen-bond acceptors (Lipinski definition) is 4. The van der Waals surface area contributed by atoms with E-state index in [9.17, 15) is 0 Å². The van der Waals surface area contributed by atoms with Crippen molar-refractivity contribution in [1.82, 2.24) is 15.0 Å². The summed E-state index contributed by atoms with van der Waals surface area (Å²) in [6.07, 6.45) is 2.18. The minimum absolute atomic E-state index is 0.625. The zero-order chi connectivity index (χ0) is 36.9. The molecule has 0 aliphatic heterocycles. The van der Waals surface area contributed by atoms with Crippen LogP contribution in [0.5, 0.6) is 0 Å². The topological polar surface area (TPSA) is 51.8 Å². The average Bonchev–Trinajstić information content (AvgIpc) is 3.63. The summed E-state index contributed by atoms with van der Waals surface area (Å²) in [5.41, 5.74) is 11.6. The van der Waals surface area contributed by atoms with Gasteiger partial charge in [-0.2, -0.15) is 0 Å². The van der Waals surface area contributed by atoms with Crippen molar-refractivity contribution in [2.24, 2.45) is 0 Å². The maximum Gasteiger partial charge on any atom is 0.164 e. The lowest BCUT2D eigenvalue weighted by atomic mass is 9.93. The summed E-state index contributed by atoms with van der Waals surface area (Å²) in [5.74, 6) is 1.88. The van der Waals surface area contributed by atoms with E-state index in [0.717, 1.165) is 71.5 Å². The standard InChI is InChI=1S/C51H35N3O/c1-3-38(39-16-7-4-13-32(39)2)34-26-28-35(29-27-34)49-52-50(37-30-25-33-14-5-6-15-36(33)31-37)54-51(53-49)44-22-11-18-40-41(19-10-20-42(40)44)43-21-12-24-47-48(43)45-17-8-9-23-46(45)55-47/h3-31H,1-2H3/b38-3-. The van der Waals surface area contributed by atoms with Gasteiger partial charge in [0.15, 0.2) is 17.5 Å². The summed E-state index contributed by atoms with van der Waals surface area (Å²) in [6.45, 7) is 4.25. The summed E-state index contributed by atoms with van der Waals surface area (Å²) in [5, 5.41) is 6.72. The summed E-state index contributed by atoms with van der Waals surface area (Å²) in [7, 11) is 0. The van der Waals surface area contributed by atoms with Gasteiger partial charge in [-0.3, -0.25) is 0 Å². The Kier molecular flexibility index (Phi) is 7.88. The Bertz CT molecular complexity index is 3120. The Balaban J connectivity index is 1.15. The second kappa shape index (κ2) is 13.4. The van der Waals surface area contributed by atoms with Crippen LogP contribution in [0.25, 0.3) is 94.3 Å². The SMILES string of the molecule is C/C=C(/c1ccc(-c2nc(-c3ccc4ccccc4c3)nc(-c3cccc4c(-c5cccc6oc7ccccc7c56)cccc34)n2)cc1)c1ccccc1C. The molecule has 0 aliphatic rings. The Morgan fingerprint density at radius 3 is 1.89 bits per heavy atom. The Morgan fingerprint density at radius 1 is 0.473 bits per heavy atom. The van der Waals surface area contributed by atoms with Gasteiger partial charge >= 0.3 is 0 Å². The summed E-state index contributed by atoms with van der Waals surface area (Å²) in [4.78, 5) is 15.5. The van der Waals surface area contributed by atoms with Gasteiger partial charge in [0.1, 0.15) is 11.2 Å². The number of aryl methyl sites for hydroxylation is 1. The van der Waals surface area contributed by atoms with E-state index < -0.39 is 0 Å². The molecule has 10 aromatic rings. The molecule has 0 radical (unpaired) electrons. The molecule has 0 spiro atoms. The Hall–Kier alpha value is -7.17. The predicted molar refractivity (Wildman–Crippen MR) is 228 cm³/mol. The molecule has 0 bridgehead atoms. The zero-order valence-corrected chi connectivity index (χ0v) is 30.5. The molecule has 4 heteroatoms. The molecule has 2 heterocycles. The molecule has 260 valence electrons. The third kappa shape index (κ3) is 5.67. The van der Waals surface area contributed by atoms with E-state index in [-0.39, 0.29) is 0 Å². The van der Waals surface area contributed by atoms with Crippen LogP contribution >= 0.6 is 0 Å². The summed E-state index contributed by atoms with van der Waals surface area (Å²) >= 11 is 0. The monoisotopic (exact) mass is 705 g/mol. The van der Waals surface area contributed by atoms with Crippen LogP contribution in [0.1, 0.15) is 23.6 Å². The molecule has 0 unspecified atom stereocenters. The number of fused-ring (bicyclic) bond motifs is 5. The molecule has 0 aliphatic carbocycles. The molecule has 0 saturated heterocycles. The highest BCUT2D eigenvalue weighted by Gasteiger charge is 2.18. The van der Waals surface area contributed by atoms with E-state index in [2.05, 4.69) is 172 Å². The molecule has 0 fully saturated rings. The molecule has 55 heavy (non-hydrogen) atoms. The third-order valence-corrected chi connectivity index (χ3v) is 10.7. The number of nitrogens with zero attached hydrogens (tertiary/aromatic N) is 3. The van der Waals surface area contributed by atoms with Crippen molar-refractivity contribution in [3.63, 3.8) is 0 Å². The minimum Gasteiger partial charge on any atom is -0.456 e. The first-order valence-corrected chi connectivity index (χ1v) is 18.6. The first-order chi connectivity index (χ1) is 27.1. The Morgan fingerprint density at radius 2 is 1.07 bits per heavy atom. The second-order valence-corrected chi connectivity index (χ2v) is 13.9. The lowest BCUT2D eigenvalue weighted by Crippen LogP contribution is -2.01. The lowest BCUT2D eigenvalue weighted by Gasteiger charge is -2.14. The quantitative estimate of drug-likeness (QED) is 0.173. The predicted octanol–water partition coefficient (Wildman–Crippen LogP) is 13.5. The Labute approximate surface area is 319 Å². The van der Waals surface area contributed by atoms with E-state index in [1.54, 1.807) is 0 Å². The fourth-order valence-electron chi connectivity index (χ4n) is 7.97. The van der Waals surface area contributed by atoms with Crippen LogP contribution in [-0.4, -0.2) is 15.0 Å². The summed E-state index contributed by atoms with van der Waals surface area (Å²) in [6, 6.07) is 59.3. The fraction of sp³-hybridized carbons (Fsp3) is 0.0392. The van der Waals surface area contributed by atoms with E-state index in [4.69, 9.17) is 19.4 Å². The van der Waals surface area contributed by atoms with Crippen LogP contribution in [0.4, 0.5) is 0 Å². The van der Waals surface area contributed by atoms with Gasteiger partial charge in [-0.15, -0.1) is 0 Å². The number of benzene rings is 8. The van der Waals surface area contributed by atoms with Gasteiger partial charge in [0.05, 0.1) is 0 Å². The third-order valence-electron chi connectivity index (χ3n) is 10.7. The number of allylic oxidation sites excluding steroid dienone is 1. The van der Waals surface area contributed by atoms with Gasteiger partial charge in [-0.05, 0) is 87.0 Å². The van der Waals surface area contributed by atoms with Gasteiger partial charge in [0, 0.05) is 27.5 Å². The number of para-hydroxylation sites is 1. The molecule has 0 N–H and O–H groups in total. The number of hydrogen-bond donors (Lipinski definition) is 0. The van der Waals surface area contributed by atoms with Crippen molar-refractivity contribution in [3.05, 3.63) is 193 Å². The highest BCUT2D eigenvalue weighted by Crippen LogP contribution is 2.41. The van der Waals surface area contributed by atoms with Gasteiger partial charge in [0.25, 0.3) is 0 Å². The first-order valence-electron chi connectivity index (χ1n) is 18.6. The maximum atomic E-state index is 6.28. The van der Waals surface area contributed by atoms with Crippen LogP contribution < -0.4 is 0 Å². The highest BCUT2D eigenvalue weighted by atomic mass is 16.3. The number of rotatable bonds is 6. The van der Waals surface area contributed by atoms with E-state index in [0.29, 0.717) is 17.5 Å². The van der Waals surface area contributed by atoms with E-state index in [1.165, 1.54) is 22.1 Å². The van der Waals surface area contributed by atoms with Gasteiger partial charge in [0.2, 0.25) is 0 Å².